The number of imidazole rings is 1. The number of hydrogen-bond donors (Lipinski definition) is 1. The minimum atomic E-state index is -0.303. The van der Waals surface area contributed by atoms with Gasteiger partial charge in [-0.1, -0.05) is 12.1 Å². The monoisotopic (exact) mass is 379 g/mol. The zero-order valence-corrected chi connectivity index (χ0v) is 15.2. The fourth-order valence-electron chi connectivity index (χ4n) is 3.00. The number of aryl methyl sites for hydroxylation is 1. The number of hydrogen-bond acceptors (Lipinski definition) is 4. The van der Waals surface area contributed by atoms with Crippen LogP contribution in [-0.2, 0) is 13.2 Å². The molecule has 3 aromatic heterocycles. The van der Waals surface area contributed by atoms with Crippen LogP contribution in [-0.4, -0.2) is 19.1 Å². The Morgan fingerprint density at radius 2 is 1.93 bits per heavy atom. The molecule has 0 bridgehead atoms. The Labute approximate surface area is 160 Å². The van der Waals surface area contributed by atoms with E-state index in [0.29, 0.717) is 22.8 Å². The van der Waals surface area contributed by atoms with Gasteiger partial charge in [-0.05, 0) is 42.8 Å². The summed E-state index contributed by atoms with van der Waals surface area (Å²) in [5, 5.41) is 9.36. The third-order valence-corrected chi connectivity index (χ3v) is 4.58. The maximum Gasteiger partial charge on any atom is 0.258 e. The second-order valence-electron chi connectivity index (χ2n) is 6.40. The summed E-state index contributed by atoms with van der Waals surface area (Å²) in [5.74, 6) is 0.135. The van der Waals surface area contributed by atoms with Crippen molar-refractivity contribution >= 4 is 5.65 Å². The Balaban J connectivity index is 1.59. The maximum atomic E-state index is 12.9. The lowest BCUT2D eigenvalue weighted by molar-refractivity contribution is 0.276. The highest BCUT2D eigenvalue weighted by Gasteiger charge is 2.09. The third kappa shape index (κ3) is 3.39. The lowest BCUT2D eigenvalue weighted by Gasteiger charge is -2.10. The van der Waals surface area contributed by atoms with E-state index in [2.05, 4.69) is 4.98 Å². The molecule has 0 aliphatic carbocycles. The summed E-state index contributed by atoms with van der Waals surface area (Å²) in [6.07, 6.45) is 3.44. The highest BCUT2D eigenvalue weighted by Crippen LogP contribution is 2.16. The number of rotatable bonds is 5. The van der Waals surface area contributed by atoms with E-state index in [9.17, 15) is 14.3 Å². The van der Waals surface area contributed by atoms with Crippen LogP contribution >= 0.6 is 0 Å². The molecule has 4 rings (SSSR count). The van der Waals surface area contributed by atoms with Crippen LogP contribution in [0.5, 0.6) is 5.75 Å². The molecule has 0 radical (unpaired) electrons. The van der Waals surface area contributed by atoms with E-state index in [1.807, 2.05) is 11.3 Å². The van der Waals surface area contributed by atoms with Crippen LogP contribution in [0, 0.1) is 12.7 Å². The molecule has 4 aromatic rings. The van der Waals surface area contributed by atoms with Crippen molar-refractivity contribution < 1.29 is 14.2 Å². The van der Waals surface area contributed by atoms with Crippen LogP contribution in [0.15, 0.2) is 65.7 Å². The van der Waals surface area contributed by atoms with Gasteiger partial charge in [-0.3, -0.25) is 9.36 Å². The normalized spacial score (nSPS) is 11.1. The van der Waals surface area contributed by atoms with E-state index < -0.39 is 0 Å². The van der Waals surface area contributed by atoms with Gasteiger partial charge in [0.15, 0.2) is 0 Å². The second-order valence-corrected chi connectivity index (χ2v) is 6.40. The van der Waals surface area contributed by atoms with Crippen molar-refractivity contribution in [1.29, 1.82) is 0 Å². The average Bonchev–Trinajstić information content (AvgIpc) is 3.03. The standard InChI is InChI=1S/C21H18FN3O3/c1-14-19(12-26)23-20-7-6-17(11-25(14)20)24-9-8-18(10-21(24)27)28-13-15-2-4-16(22)5-3-15/h2-11,26H,12-13H2,1H3. The van der Waals surface area contributed by atoms with E-state index in [4.69, 9.17) is 4.74 Å². The fraction of sp³-hybridized carbons (Fsp3) is 0.143. The first-order valence-electron chi connectivity index (χ1n) is 8.74. The molecule has 7 heteroatoms. The number of benzene rings is 1. The molecular weight excluding hydrogens is 361 g/mol. The first kappa shape index (κ1) is 17.9. The Hall–Kier alpha value is -3.45. The van der Waals surface area contributed by atoms with Gasteiger partial charge in [0.2, 0.25) is 0 Å². The van der Waals surface area contributed by atoms with Crippen LogP contribution in [0.4, 0.5) is 4.39 Å². The number of ether oxygens (including phenoxy) is 1. The first-order chi connectivity index (χ1) is 13.5. The molecule has 0 saturated carbocycles. The Bertz CT molecular complexity index is 1200. The fourth-order valence-corrected chi connectivity index (χ4v) is 3.00. The molecule has 0 spiro atoms. The Morgan fingerprint density at radius 1 is 1.14 bits per heavy atom. The quantitative estimate of drug-likeness (QED) is 0.579. The van der Waals surface area contributed by atoms with Crippen LogP contribution in [0.2, 0.25) is 0 Å². The molecule has 0 unspecified atom stereocenters. The molecule has 6 nitrogen and oxygen atoms in total. The number of nitrogens with zero attached hydrogens (tertiary/aromatic N) is 3. The molecule has 1 N–H and O–H groups in total. The first-order valence-corrected chi connectivity index (χ1v) is 8.74. The van der Waals surface area contributed by atoms with Crippen LogP contribution < -0.4 is 10.3 Å². The summed E-state index contributed by atoms with van der Waals surface area (Å²) < 4.78 is 21.9. The van der Waals surface area contributed by atoms with Crippen molar-refractivity contribution in [3.05, 3.63) is 94.0 Å². The number of pyridine rings is 2. The highest BCUT2D eigenvalue weighted by atomic mass is 19.1. The zero-order valence-electron chi connectivity index (χ0n) is 15.2. The van der Waals surface area contributed by atoms with E-state index in [-0.39, 0.29) is 24.6 Å². The average molecular weight is 379 g/mol. The Morgan fingerprint density at radius 3 is 2.64 bits per heavy atom. The van der Waals surface area contributed by atoms with Crippen molar-refractivity contribution in [3.63, 3.8) is 0 Å². The SMILES string of the molecule is Cc1c(CO)nc2ccc(-n3ccc(OCc4ccc(F)cc4)cc3=O)cn12. The minimum Gasteiger partial charge on any atom is -0.489 e. The summed E-state index contributed by atoms with van der Waals surface area (Å²) in [4.78, 5) is 16.9. The molecule has 0 fully saturated rings. The van der Waals surface area contributed by atoms with Crippen LogP contribution in [0.1, 0.15) is 17.0 Å². The summed E-state index contributed by atoms with van der Waals surface area (Å²) >= 11 is 0. The third-order valence-electron chi connectivity index (χ3n) is 4.58. The maximum absolute atomic E-state index is 12.9. The van der Waals surface area contributed by atoms with Gasteiger partial charge in [0, 0.05) is 24.2 Å². The van der Waals surface area contributed by atoms with E-state index in [0.717, 1.165) is 11.3 Å². The number of aromatic nitrogens is 3. The second kappa shape index (κ2) is 7.28. The molecule has 1 aromatic carbocycles. The molecule has 28 heavy (non-hydrogen) atoms. The van der Waals surface area contributed by atoms with Gasteiger partial charge >= 0.3 is 0 Å². The van der Waals surface area contributed by atoms with E-state index in [1.165, 1.54) is 22.8 Å². The number of fused-ring (bicyclic) bond motifs is 1. The molecule has 3 heterocycles. The number of aliphatic hydroxyl groups excluding tert-OH is 1. The molecule has 0 atom stereocenters. The van der Waals surface area contributed by atoms with Gasteiger partial charge in [0.05, 0.1) is 18.0 Å². The van der Waals surface area contributed by atoms with Gasteiger partial charge in [0.1, 0.15) is 23.8 Å². The van der Waals surface area contributed by atoms with Gasteiger partial charge in [0.25, 0.3) is 5.56 Å². The van der Waals surface area contributed by atoms with Crippen molar-refractivity contribution in [2.75, 3.05) is 0 Å². The molecular formula is C21H18FN3O3. The highest BCUT2D eigenvalue weighted by molar-refractivity contribution is 5.48. The Kier molecular flexibility index (Phi) is 4.67. The van der Waals surface area contributed by atoms with Gasteiger partial charge in [-0.25, -0.2) is 9.37 Å². The lowest BCUT2D eigenvalue weighted by atomic mass is 10.2. The van der Waals surface area contributed by atoms with Gasteiger partial charge < -0.3 is 14.2 Å². The smallest absolute Gasteiger partial charge is 0.258 e. The summed E-state index contributed by atoms with van der Waals surface area (Å²) in [6, 6.07) is 12.7. The number of aliphatic hydroxyl groups is 1. The minimum absolute atomic E-state index is 0.136. The van der Waals surface area contributed by atoms with Gasteiger partial charge in [-0.2, -0.15) is 0 Å². The van der Waals surface area contributed by atoms with Crippen molar-refractivity contribution in [3.8, 4) is 11.4 Å². The zero-order chi connectivity index (χ0) is 19.7. The van der Waals surface area contributed by atoms with Crippen LogP contribution in [0.25, 0.3) is 11.3 Å². The number of halogens is 1. The summed E-state index contributed by atoms with van der Waals surface area (Å²) in [6.45, 7) is 1.97. The van der Waals surface area contributed by atoms with Crippen molar-refractivity contribution in [1.82, 2.24) is 14.0 Å². The van der Waals surface area contributed by atoms with Crippen molar-refractivity contribution in [2.45, 2.75) is 20.1 Å². The van der Waals surface area contributed by atoms with Crippen LogP contribution in [0.3, 0.4) is 0 Å². The lowest BCUT2D eigenvalue weighted by Crippen LogP contribution is -2.17. The summed E-state index contributed by atoms with van der Waals surface area (Å²) in [7, 11) is 0. The predicted molar refractivity (Wildman–Crippen MR) is 102 cm³/mol. The molecule has 142 valence electrons. The predicted octanol–water partition coefficient (Wildman–Crippen LogP) is 3.00. The largest absolute Gasteiger partial charge is 0.489 e. The van der Waals surface area contributed by atoms with E-state index in [1.54, 1.807) is 42.7 Å². The summed E-state index contributed by atoms with van der Waals surface area (Å²) in [5.41, 5.74) is 3.38. The molecule has 0 aliphatic rings. The van der Waals surface area contributed by atoms with Gasteiger partial charge in [-0.15, -0.1) is 0 Å². The molecule has 0 aliphatic heterocycles. The topological polar surface area (TPSA) is 68.8 Å². The molecule has 0 amide bonds. The molecule has 0 saturated heterocycles. The van der Waals surface area contributed by atoms with E-state index >= 15 is 0 Å². The van der Waals surface area contributed by atoms with Crippen molar-refractivity contribution in [2.24, 2.45) is 0 Å².